The summed E-state index contributed by atoms with van der Waals surface area (Å²) in [5, 5.41) is 4.30. The summed E-state index contributed by atoms with van der Waals surface area (Å²) in [5.74, 6) is 0. The summed E-state index contributed by atoms with van der Waals surface area (Å²) in [7, 11) is 0. The molecule has 0 unspecified atom stereocenters. The van der Waals surface area contributed by atoms with Gasteiger partial charge in [-0.2, -0.15) is 0 Å². The normalized spacial score (nSPS) is 12.2. The largest absolute Gasteiger partial charge is 0.378 e. The Bertz CT molecular complexity index is 493. The smallest absolute Gasteiger partial charge is 0.0511 e. The summed E-state index contributed by atoms with van der Waals surface area (Å²) in [5.41, 5.74) is 2.38. The van der Waals surface area contributed by atoms with Gasteiger partial charge in [-0.05, 0) is 48.4 Å². The predicted octanol–water partition coefficient (Wildman–Crippen LogP) is 5.67. The van der Waals surface area contributed by atoms with Gasteiger partial charge in [-0.1, -0.05) is 46.6 Å². The third-order valence-electron chi connectivity index (χ3n) is 2.87. The van der Waals surface area contributed by atoms with E-state index in [1.54, 1.807) is 0 Å². The zero-order chi connectivity index (χ0) is 13.0. The van der Waals surface area contributed by atoms with E-state index < -0.39 is 0 Å². The Balaban J connectivity index is 2.14. The molecule has 94 valence electrons. The van der Waals surface area contributed by atoms with E-state index >= 15 is 0 Å². The van der Waals surface area contributed by atoms with Crippen molar-refractivity contribution in [2.24, 2.45) is 0 Å². The topological polar surface area (TPSA) is 12.0 Å². The summed E-state index contributed by atoms with van der Waals surface area (Å²) in [6, 6.07) is 16.5. The second-order valence-corrected chi connectivity index (χ2v) is 5.52. The molecule has 1 nitrogen and oxygen atoms in total. The van der Waals surface area contributed by atoms with Gasteiger partial charge in [-0.3, -0.25) is 0 Å². The average molecular weight is 325 g/mol. The maximum absolute atomic E-state index is 5.91. The molecular weight excluding hydrogens is 310 g/mol. The van der Waals surface area contributed by atoms with Gasteiger partial charge >= 0.3 is 0 Å². The molecule has 3 heteroatoms. The lowest BCUT2D eigenvalue weighted by atomic mass is 10.0. The summed E-state index contributed by atoms with van der Waals surface area (Å²) in [4.78, 5) is 0. The molecule has 1 N–H and O–H groups in total. The van der Waals surface area contributed by atoms with Gasteiger partial charge in [0, 0.05) is 15.2 Å². The minimum Gasteiger partial charge on any atom is -0.378 e. The molecule has 0 saturated carbocycles. The molecule has 0 spiro atoms. The van der Waals surface area contributed by atoms with Crippen LogP contribution in [0.15, 0.2) is 53.0 Å². The first-order valence-electron chi connectivity index (χ1n) is 5.96. The van der Waals surface area contributed by atoms with Crippen LogP contribution < -0.4 is 5.32 Å². The van der Waals surface area contributed by atoms with E-state index in [-0.39, 0.29) is 0 Å². The summed E-state index contributed by atoms with van der Waals surface area (Å²) < 4.78 is 1.09. The van der Waals surface area contributed by atoms with Crippen LogP contribution in [0.1, 0.15) is 24.9 Å². The van der Waals surface area contributed by atoms with Crippen LogP contribution in [0.4, 0.5) is 5.69 Å². The summed E-state index contributed by atoms with van der Waals surface area (Å²) in [6.07, 6.45) is 1.03. The van der Waals surface area contributed by atoms with E-state index in [0.29, 0.717) is 6.04 Å². The lowest BCUT2D eigenvalue weighted by Gasteiger charge is -2.19. The number of benzene rings is 2. The highest BCUT2D eigenvalue weighted by atomic mass is 79.9. The van der Waals surface area contributed by atoms with Crippen molar-refractivity contribution in [3.05, 3.63) is 63.6 Å². The number of anilines is 1. The van der Waals surface area contributed by atoms with Crippen molar-refractivity contribution in [3.8, 4) is 0 Å². The molecule has 0 amide bonds. The first-order chi connectivity index (χ1) is 8.69. The highest BCUT2D eigenvalue weighted by Crippen LogP contribution is 2.24. The molecule has 2 rings (SSSR count). The highest BCUT2D eigenvalue weighted by molar-refractivity contribution is 9.10. The zero-order valence-electron chi connectivity index (χ0n) is 10.2. The molecule has 0 bridgehead atoms. The molecule has 0 saturated heterocycles. The van der Waals surface area contributed by atoms with E-state index in [0.717, 1.165) is 21.6 Å². The Morgan fingerprint density at radius 1 is 1.06 bits per heavy atom. The minimum absolute atomic E-state index is 0.309. The van der Waals surface area contributed by atoms with Crippen LogP contribution >= 0.6 is 27.5 Å². The fraction of sp³-hybridized carbons (Fsp3) is 0.200. The standard InChI is InChI=1S/C15H15BrClN/c1-2-15(11-3-7-13(17)8-4-11)18-14-9-5-12(16)6-10-14/h3-10,15,18H,2H2,1H3/t15-/m1/s1. The van der Waals surface area contributed by atoms with Gasteiger partial charge in [0.25, 0.3) is 0 Å². The van der Waals surface area contributed by atoms with Crippen molar-refractivity contribution >= 4 is 33.2 Å². The van der Waals surface area contributed by atoms with E-state index in [1.165, 1.54) is 5.56 Å². The highest BCUT2D eigenvalue weighted by Gasteiger charge is 2.08. The molecule has 0 radical (unpaired) electrons. The van der Waals surface area contributed by atoms with Gasteiger partial charge in [0.2, 0.25) is 0 Å². The van der Waals surface area contributed by atoms with Crippen molar-refractivity contribution in [3.63, 3.8) is 0 Å². The monoisotopic (exact) mass is 323 g/mol. The number of nitrogens with one attached hydrogen (secondary N) is 1. The Labute approximate surface area is 121 Å². The summed E-state index contributed by atoms with van der Waals surface area (Å²) in [6.45, 7) is 2.17. The number of hydrogen-bond donors (Lipinski definition) is 1. The molecule has 0 heterocycles. The van der Waals surface area contributed by atoms with Gasteiger partial charge in [0.1, 0.15) is 0 Å². The van der Waals surface area contributed by atoms with Crippen molar-refractivity contribution in [1.29, 1.82) is 0 Å². The lowest BCUT2D eigenvalue weighted by Crippen LogP contribution is -2.09. The average Bonchev–Trinajstić information content (AvgIpc) is 2.39. The molecule has 0 aliphatic carbocycles. The maximum Gasteiger partial charge on any atom is 0.0511 e. The Morgan fingerprint density at radius 3 is 2.22 bits per heavy atom. The van der Waals surface area contributed by atoms with Crippen LogP contribution in [0.25, 0.3) is 0 Å². The Morgan fingerprint density at radius 2 is 1.67 bits per heavy atom. The Kier molecular flexibility index (Phi) is 4.67. The molecule has 0 aliphatic heterocycles. The maximum atomic E-state index is 5.91. The van der Waals surface area contributed by atoms with Crippen molar-refractivity contribution in [1.82, 2.24) is 0 Å². The SMILES string of the molecule is CC[C@@H](Nc1ccc(Br)cc1)c1ccc(Cl)cc1. The zero-order valence-corrected chi connectivity index (χ0v) is 12.5. The quantitative estimate of drug-likeness (QED) is 0.764. The van der Waals surface area contributed by atoms with Crippen LogP contribution in [0.5, 0.6) is 0 Å². The van der Waals surface area contributed by atoms with E-state index in [1.807, 2.05) is 24.3 Å². The van der Waals surface area contributed by atoms with E-state index in [4.69, 9.17) is 11.6 Å². The first kappa shape index (κ1) is 13.4. The number of rotatable bonds is 4. The third-order valence-corrected chi connectivity index (χ3v) is 3.65. The van der Waals surface area contributed by atoms with Crippen LogP contribution in [-0.4, -0.2) is 0 Å². The molecule has 18 heavy (non-hydrogen) atoms. The van der Waals surface area contributed by atoms with Gasteiger partial charge in [-0.15, -0.1) is 0 Å². The first-order valence-corrected chi connectivity index (χ1v) is 7.13. The molecular formula is C15H15BrClN. The van der Waals surface area contributed by atoms with Gasteiger partial charge in [0.15, 0.2) is 0 Å². The molecule has 1 atom stereocenters. The van der Waals surface area contributed by atoms with Crippen LogP contribution in [0.3, 0.4) is 0 Å². The van der Waals surface area contributed by atoms with Crippen LogP contribution in [0.2, 0.25) is 5.02 Å². The number of hydrogen-bond acceptors (Lipinski definition) is 1. The molecule has 0 fully saturated rings. The summed E-state index contributed by atoms with van der Waals surface area (Å²) >= 11 is 9.35. The predicted molar refractivity (Wildman–Crippen MR) is 82.2 cm³/mol. The number of halogens is 2. The second kappa shape index (κ2) is 6.26. The van der Waals surface area contributed by atoms with Gasteiger partial charge in [-0.25, -0.2) is 0 Å². The second-order valence-electron chi connectivity index (χ2n) is 4.16. The molecule has 2 aromatic rings. The van der Waals surface area contributed by atoms with E-state index in [2.05, 4.69) is 52.4 Å². The molecule has 0 aliphatic rings. The van der Waals surface area contributed by atoms with Crippen LogP contribution in [-0.2, 0) is 0 Å². The lowest BCUT2D eigenvalue weighted by molar-refractivity contribution is 0.749. The molecule has 0 aromatic heterocycles. The fourth-order valence-corrected chi connectivity index (χ4v) is 2.25. The molecule has 2 aromatic carbocycles. The van der Waals surface area contributed by atoms with Crippen LogP contribution in [0, 0.1) is 0 Å². The van der Waals surface area contributed by atoms with Gasteiger partial charge in [0.05, 0.1) is 6.04 Å². The Hall–Kier alpha value is -0.990. The van der Waals surface area contributed by atoms with Gasteiger partial charge < -0.3 is 5.32 Å². The van der Waals surface area contributed by atoms with Crippen molar-refractivity contribution in [2.45, 2.75) is 19.4 Å². The minimum atomic E-state index is 0.309. The van der Waals surface area contributed by atoms with Crippen molar-refractivity contribution < 1.29 is 0 Å². The third kappa shape index (κ3) is 3.50. The fourth-order valence-electron chi connectivity index (χ4n) is 1.86. The van der Waals surface area contributed by atoms with E-state index in [9.17, 15) is 0 Å². The van der Waals surface area contributed by atoms with Crippen molar-refractivity contribution in [2.75, 3.05) is 5.32 Å².